The van der Waals surface area contributed by atoms with E-state index in [1.807, 2.05) is 6.07 Å². The van der Waals surface area contributed by atoms with Gasteiger partial charge in [0.05, 0.1) is 18.7 Å². The van der Waals surface area contributed by atoms with Crippen molar-refractivity contribution in [2.24, 2.45) is 0 Å². The summed E-state index contributed by atoms with van der Waals surface area (Å²) in [5.74, 6) is -2.04. The van der Waals surface area contributed by atoms with Crippen molar-refractivity contribution in [2.75, 3.05) is 7.11 Å². The third-order valence-electron chi connectivity index (χ3n) is 4.37. The monoisotopic (exact) mass is 411 g/mol. The molecule has 0 aliphatic heterocycles. The summed E-state index contributed by atoms with van der Waals surface area (Å²) >= 11 is 0. The summed E-state index contributed by atoms with van der Waals surface area (Å²) in [5, 5.41) is 14.1. The zero-order valence-corrected chi connectivity index (χ0v) is 16.6. The molecule has 0 bridgehead atoms. The van der Waals surface area contributed by atoms with Crippen LogP contribution in [0.2, 0.25) is 0 Å². The number of halogens is 1. The van der Waals surface area contributed by atoms with Gasteiger partial charge >= 0.3 is 5.97 Å². The van der Waals surface area contributed by atoms with Gasteiger partial charge in [-0.25, -0.2) is 9.18 Å². The van der Waals surface area contributed by atoms with E-state index in [0.29, 0.717) is 11.1 Å². The molecule has 156 valence electrons. The molecule has 0 unspecified atom stereocenters. The molecule has 0 aliphatic rings. The largest absolute Gasteiger partial charge is 0.467 e. The highest BCUT2D eigenvalue weighted by atomic mass is 19.1. The summed E-state index contributed by atoms with van der Waals surface area (Å²) < 4.78 is 17.9. The van der Waals surface area contributed by atoms with Gasteiger partial charge in [0.2, 0.25) is 11.8 Å². The molecule has 2 atom stereocenters. The maximum atomic E-state index is 13.1. The molecule has 0 heterocycles. The molecule has 2 aromatic rings. The number of ether oxygens (including phenoxy) is 1. The van der Waals surface area contributed by atoms with E-state index in [9.17, 15) is 18.8 Å². The summed E-state index contributed by atoms with van der Waals surface area (Å²) in [6.07, 6.45) is 0.268. The van der Waals surface area contributed by atoms with Crippen LogP contribution in [-0.2, 0) is 32.0 Å². The number of hydrogen-bond acceptors (Lipinski definition) is 5. The van der Waals surface area contributed by atoms with Crippen molar-refractivity contribution in [1.29, 1.82) is 5.26 Å². The number of rotatable bonds is 8. The second kappa shape index (κ2) is 10.7. The van der Waals surface area contributed by atoms with Crippen molar-refractivity contribution in [1.82, 2.24) is 10.6 Å². The Balaban J connectivity index is 2.16. The summed E-state index contributed by atoms with van der Waals surface area (Å²) in [6, 6.07) is 12.2. The maximum absolute atomic E-state index is 13.1. The number of nitrogens with zero attached hydrogens (tertiary/aromatic N) is 1. The minimum absolute atomic E-state index is 0.121. The third kappa shape index (κ3) is 6.71. The van der Waals surface area contributed by atoms with Crippen LogP contribution in [0.3, 0.4) is 0 Å². The lowest BCUT2D eigenvalue weighted by Gasteiger charge is -2.22. The SMILES string of the molecule is COC(=O)[C@H](Cc1ccc(C#N)cc1)NC(=O)[C@@H](Cc1ccc(F)cc1)NC(C)=O. The van der Waals surface area contributed by atoms with E-state index in [-0.39, 0.29) is 12.8 Å². The van der Waals surface area contributed by atoms with Crippen LogP contribution in [0.5, 0.6) is 0 Å². The summed E-state index contributed by atoms with van der Waals surface area (Å²) in [6.45, 7) is 1.28. The number of nitriles is 1. The Morgan fingerprint density at radius 3 is 2.00 bits per heavy atom. The Morgan fingerprint density at radius 2 is 1.50 bits per heavy atom. The first kappa shape index (κ1) is 22.6. The van der Waals surface area contributed by atoms with Gasteiger partial charge in [0.25, 0.3) is 0 Å². The Kier molecular flexibility index (Phi) is 8.06. The summed E-state index contributed by atoms with van der Waals surface area (Å²) in [4.78, 5) is 36.6. The highest BCUT2D eigenvalue weighted by Crippen LogP contribution is 2.10. The van der Waals surface area contributed by atoms with Crippen LogP contribution in [0, 0.1) is 17.1 Å². The fraction of sp³-hybridized carbons (Fsp3) is 0.273. The first-order valence-corrected chi connectivity index (χ1v) is 9.21. The highest BCUT2D eigenvalue weighted by molar-refractivity contribution is 5.90. The van der Waals surface area contributed by atoms with E-state index in [0.717, 1.165) is 5.56 Å². The molecule has 0 fully saturated rings. The second-order valence-corrected chi connectivity index (χ2v) is 6.68. The van der Waals surface area contributed by atoms with E-state index in [2.05, 4.69) is 10.6 Å². The molecule has 0 spiro atoms. The van der Waals surface area contributed by atoms with Crippen molar-refractivity contribution >= 4 is 17.8 Å². The normalized spacial score (nSPS) is 12.2. The lowest BCUT2D eigenvalue weighted by Crippen LogP contribution is -2.53. The zero-order chi connectivity index (χ0) is 22.1. The Labute approximate surface area is 173 Å². The van der Waals surface area contributed by atoms with Gasteiger partial charge in [-0.3, -0.25) is 9.59 Å². The van der Waals surface area contributed by atoms with E-state index in [1.54, 1.807) is 24.3 Å². The van der Waals surface area contributed by atoms with Gasteiger partial charge in [-0.15, -0.1) is 0 Å². The van der Waals surface area contributed by atoms with E-state index < -0.39 is 35.7 Å². The molecule has 0 saturated carbocycles. The quantitative estimate of drug-likeness (QED) is 0.642. The van der Waals surface area contributed by atoms with Crippen LogP contribution in [0.15, 0.2) is 48.5 Å². The van der Waals surface area contributed by atoms with Gasteiger partial charge in [-0.2, -0.15) is 5.26 Å². The molecular formula is C22H22FN3O4. The molecule has 8 heteroatoms. The minimum Gasteiger partial charge on any atom is -0.467 e. The molecule has 7 nitrogen and oxygen atoms in total. The second-order valence-electron chi connectivity index (χ2n) is 6.68. The van der Waals surface area contributed by atoms with Crippen LogP contribution in [0.1, 0.15) is 23.6 Å². The van der Waals surface area contributed by atoms with E-state index >= 15 is 0 Å². The molecule has 2 N–H and O–H groups in total. The van der Waals surface area contributed by atoms with Crippen molar-refractivity contribution in [3.63, 3.8) is 0 Å². The first-order valence-electron chi connectivity index (χ1n) is 9.21. The fourth-order valence-corrected chi connectivity index (χ4v) is 2.87. The lowest BCUT2D eigenvalue weighted by molar-refractivity contribution is -0.145. The van der Waals surface area contributed by atoms with Gasteiger partial charge in [0.1, 0.15) is 17.9 Å². The van der Waals surface area contributed by atoms with Crippen molar-refractivity contribution < 1.29 is 23.5 Å². The van der Waals surface area contributed by atoms with Crippen molar-refractivity contribution in [3.05, 3.63) is 71.0 Å². The standard InChI is InChI=1S/C22H22FN3O4/c1-14(27)25-19(11-16-7-9-18(23)10-8-16)21(28)26-20(22(29)30-2)12-15-3-5-17(13-24)6-4-15/h3-10,19-20H,11-12H2,1-2H3,(H,25,27)(H,26,28)/t19-,20+/m1/s1. The summed E-state index contributed by atoms with van der Waals surface area (Å²) in [5.41, 5.74) is 1.84. The Morgan fingerprint density at radius 1 is 0.967 bits per heavy atom. The van der Waals surface area contributed by atoms with Crippen LogP contribution in [0.25, 0.3) is 0 Å². The molecule has 0 saturated heterocycles. The minimum atomic E-state index is -0.986. The molecular weight excluding hydrogens is 389 g/mol. The maximum Gasteiger partial charge on any atom is 0.328 e. The predicted molar refractivity (Wildman–Crippen MR) is 107 cm³/mol. The number of esters is 1. The van der Waals surface area contributed by atoms with Crippen LogP contribution in [0.4, 0.5) is 4.39 Å². The predicted octanol–water partition coefficient (Wildman–Crippen LogP) is 1.65. The number of carbonyl (C=O) groups is 3. The van der Waals surface area contributed by atoms with Gasteiger partial charge in [0, 0.05) is 19.8 Å². The number of amides is 2. The first-order chi connectivity index (χ1) is 14.3. The smallest absolute Gasteiger partial charge is 0.328 e. The van der Waals surface area contributed by atoms with Gasteiger partial charge in [-0.05, 0) is 35.4 Å². The Bertz CT molecular complexity index is 936. The van der Waals surface area contributed by atoms with Crippen LogP contribution < -0.4 is 10.6 Å². The fourth-order valence-electron chi connectivity index (χ4n) is 2.87. The van der Waals surface area contributed by atoms with E-state index in [4.69, 9.17) is 10.00 Å². The molecule has 2 aromatic carbocycles. The molecule has 2 rings (SSSR count). The van der Waals surface area contributed by atoms with Crippen LogP contribution in [-0.4, -0.2) is 37.0 Å². The van der Waals surface area contributed by atoms with Gasteiger partial charge in [0.15, 0.2) is 0 Å². The van der Waals surface area contributed by atoms with E-state index in [1.165, 1.54) is 38.3 Å². The molecule has 2 amide bonds. The molecule has 0 aliphatic carbocycles. The zero-order valence-electron chi connectivity index (χ0n) is 16.6. The Hall–Kier alpha value is -3.73. The number of nitrogens with one attached hydrogen (secondary N) is 2. The van der Waals surface area contributed by atoms with Gasteiger partial charge in [-0.1, -0.05) is 24.3 Å². The number of hydrogen-bond donors (Lipinski definition) is 2. The number of benzene rings is 2. The third-order valence-corrected chi connectivity index (χ3v) is 4.37. The van der Waals surface area contributed by atoms with Gasteiger partial charge < -0.3 is 15.4 Å². The molecule has 0 aromatic heterocycles. The van der Waals surface area contributed by atoms with Crippen molar-refractivity contribution in [2.45, 2.75) is 31.8 Å². The number of carbonyl (C=O) groups excluding carboxylic acids is 3. The van der Waals surface area contributed by atoms with Crippen molar-refractivity contribution in [3.8, 4) is 6.07 Å². The lowest BCUT2D eigenvalue weighted by atomic mass is 10.0. The average Bonchev–Trinajstić information content (AvgIpc) is 2.73. The van der Waals surface area contributed by atoms with Crippen LogP contribution >= 0.6 is 0 Å². The molecule has 0 radical (unpaired) electrons. The summed E-state index contributed by atoms with van der Waals surface area (Å²) in [7, 11) is 1.21. The number of methoxy groups -OCH3 is 1. The topological polar surface area (TPSA) is 108 Å². The highest BCUT2D eigenvalue weighted by Gasteiger charge is 2.27. The molecule has 30 heavy (non-hydrogen) atoms. The average molecular weight is 411 g/mol.